The number of carbonyl (C=O) groups is 3. The van der Waals surface area contributed by atoms with Crippen LogP contribution in [-0.2, 0) is 19.1 Å². The van der Waals surface area contributed by atoms with Crippen LogP contribution in [0.3, 0.4) is 0 Å². The minimum absolute atomic E-state index is 0.198. The Morgan fingerprint density at radius 3 is 2.39 bits per heavy atom. The van der Waals surface area contributed by atoms with Crippen LogP contribution in [0.25, 0.3) is 0 Å². The molecule has 7 nitrogen and oxygen atoms in total. The van der Waals surface area contributed by atoms with Crippen LogP contribution >= 0.6 is 0 Å². The second kappa shape index (κ2) is 5.03. The number of rotatable bonds is 5. The Morgan fingerprint density at radius 2 is 1.94 bits per heavy atom. The molecule has 18 heavy (non-hydrogen) atoms. The van der Waals surface area contributed by atoms with Crippen molar-refractivity contribution in [3.05, 3.63) is 0 Å². The molecule has 0 saturated carbocycles. The molecule has 7 heteroatoms. The van der Waals surface area contributed by atoms with Crippen molar-refractivity contribution in [2.75, 3.05) is 19.8 Å². The Balaban J connectivity index is 2.17. The molecule has 0 radical (unpaired) electrons. The number of imide groups is 1. The minimum atomic E-state index is -1.16. The van der Waals surface area contributed by atoms with Gasteiger partial charge >= 0.3 is 5.97 Å². The van der Waals surface area contributed by atoms with Crippen LogP contribution in [0.1, 0.15) is 12.8 Å². The van der Waals surface area contributed by atoms with E-state index in [1.165, 1.54) is 0 Å². The van der Waals surface area contributed by atoms with Crippen LogP contribution < -0.4 is 5.73 Å². The first-order valence-electron chi connectivity index (χ1n) is 5.95. The summed E-state index contributed by atoms with van der Waals surface area (Å²) in [6, 6.07) is -1.10. The standard InChI is InChI=1S/C11H16N2O5/c12-3-1-2-8(11(16)17)13-9(14)6-4-18-5-7(6)10(13)15/h6-8H,1-5,12H2,(H,16,17)/t6-,7+,8-/m0/s1. The molecular formula is C11H16N2O5. The van der Waals surface area contributed by atoms with Crippen LogP contribution in [0.15, 0.2) is 0 Å². The van der Waals surface area contributed by atoms with E-state index in [2.05, 4.69) is 0 Å². The lowest BCUT2D eigenvalue weighted by molar-refractivity contribution is -0.156. The van der Waals surface area contributed by atoms with E-state index in [9.17, 15) is 14.4 Å². The number of fused-ring (bicyclic) bond motifs is 1. The molecule has 3 N–H and O–H groups in total. The molecule has 2 aliphatic rings. The summed E-state index contributed by atoms with van der Waals surface area (Å²) in [5.74, 6) is -3.01. The Morgan fingerprint density at radius 1 is 1.39 bits per heavy atom. The van der Waals surface area contributed by atoms with Crippen LogP contribution in [-0.4, -0.2) is 53.6 Å². The topological polar surface area (TPSA) is 110 Å². The van der Waals surface area contributed by atoms with Gasteiger partial charge in [0.05, 0.1) is 25.0 Å². The van der Waals surface area contributed by atoms with Gasteiger partial charge in [-0.1, -0.05) is 0 Å². The van der Waals surface area contributed by atoms with Gasteiger partial charge in [0.2, 0.25) is 11.8 Å². The number of hydrogen-bond acceptors (Lipinski definition) is 5. The van der Waals surface area contributed by atoms with Crippen molar-refractivity contribution in [2.45, 2.75) is 18.9 Å². The number of likely N-dealkylation sites (tertiary alicyclic amines) is 1. The second-order valence-electron chi connectivity index (χ2n) is 4.58. The molecule has 0 unspecified atom stereocenters. The lowest BCUT2D eigenvalue weighted by Gasteiger charge is -2.23. The number of hydrogen-bond donors (Lipinski definition) is 2. The van der Waals surface area contributed by atoms with E-state index in [4.69, 9.17) is 15.6 Å². The Labute approximate surface area is 104 Å². The molecule has 2 fully saturated rings. The normalized spacial score (nSPS) is 28.6. The second-order valence-corrected chi connectivity index (χ2v) is 4.58. The van der Waals surface area contributed by atoms with E-state index < -0.39 is 35.7 Å². The van der Waals surface area contributed by atoms with Gasteiger partial charge in [-0.05, 0) is 19.4 Å². The third-order valence-corrected chi connectivity index (χ3v) is 3.47. The predicted molar refractivity (Wildman–Crippen MR) is 59.4 cm³/mol. The monoisotopic (exact) mass is 256 g/mol. The summed E-state index contributed by atoms with van der Waals surface area (Å²) in [6.07, 6.45) is 0.656. The highest BCUT2D eigenvalue weighted by molar-refractivity contribution is 6.08. The fourth-order valence-electron chi connectivity index (χ4n) is 2.49. The summed E-state index contributed by atoms with van der Waals surface area (Å²) in [6.45, 7) is 0.736. The third kappa shape index (κ3) is 1.99. The van der Waals surface area contributed by atoms with Crippen LogP contribution in [0.4, 0.5) is 0 Å². The quantitative estimate of drug-likeness (QED) is 0.598. The molecule has 2 heterocycles. The fourth-order valence-corrected chi connectivity index (χ4v) is 2.49. The van der Waals surface area contributed by atoms with Gasteiger partial charge in [-0.15, -0.1) is 0 Å². The van der Waals surface area contributed by atoms with E-state index in [0.29, 0.717) is 13.0 Å². The van der Waals surface area contributed by atoms with E-state index in [0.717, 1.165) is 4.90 Å². The Hall–Kier alpha value is -1.47. The van der Waals surface area contributed by atoms with Crippen molar-refractivity contribution >= 4 is 17.8 Å². The summed E-state index contributed by atoms with van der Waals surface area (Å²) in [7, 11) is 0. The number of carbonyl (C=O) groups excluding carboxylic acids is 2. The SMILES string of the molecule is NCCC[C@@H](C(=O)O)N1C(=O)[C@H]2COC[C@H]2C1=O. The number of nitrogens with two attached hydrogens (primary N) is 1. The molecule has 2 rings (SSSR count). The summed E-state index contributed by atoms with van der Waals surface area (Å²) in [4.78, 5) is 36.2. The fraction of sp³-hybridized carbons (Fsp3) is 0.727. The summed E-state index contributed by atoms with van der Waals surface area (Å²) < 4.78 is 5.09. The molecule has 2 amide bonds. The molecule has 0 aromatic heterocycles. The average Bonchev–Trinajstić information content (AvgIpc) is 2.88. The third-order valence-electron chi connectivity index (χ3n) is 3.47. The largest absolute Gasteiger partial charge is 0.480 e. The van der Waals surface area contributed by atoms with Crippen molar-refractivity contribution < 1.29 is 24.2 Å². The zero-order valence-electron chi connectivity index (χ0n) is 9.87. The number of ether oxygens (including phenoxy) is 1. The van der Waals surface area contributed by atoms with Crippen LogP contribution in [0, 0.1) is 11.8 Å². The first kappa shape index (κ1) is 13.0. The highest BCUT2D eigenvalue weighted by atomic mass is 16.5. The van der Waals surface area contributed by atoms with Gasteiger partial charge in [0.25, 0.3) is 0 Å². The smallest absolute Gasteiger partial charge is 0.326 e. The lowest BCUT2D eigenvalue weighted by Crippen LogP contribution is -2.46. The van der Waals surface area contributed by atoms with Gasteiger partial charge in [0.1, 0.15) is 6.04 Å². The van der Waals surface area contributed by atoms with Crippen molar-refractivity contribution in [2.24, 2.45) is 17.6 Å². The van der Waals surface area contributed by atoms with Crippen molar-refractivity contribution in [3.8, 4) is 0 Å². The Kier molecular flexibility index (Phi) is 3.63. The van der Waals surface area contributed by atoms with E-state index in [1.54, 1.807) is 0 Å². The zero-order valence-corrected chi connectivity index (χ0v) is 9.87. The maximum atomic E-state index is 12.0. The van der Waals surface area contributed by atoms with Gasteiger partial charge in [-0.25, -0.2) is 4.79 Å². The maximum absolute atomic E-state index is 12.0. The maximum Gasteiger partial charge on any atom is 0.326 e. The molecule has 3 atom stereocenters. The van der Waals surface area contributed by atoms with E-state index in [-0.39, 0.29) is 19.6 Å². The zero-order chi connectivity index (χ0) is 13.3. The van der Waals surface area contributed by atoms with Gasteiger partial charge in [-0.2, -0.15) is 0 Å². The number of amides is 2. The van der Waals surface area contributed by atoms with Gasteiger partial charge < -0.3 is 15.6 Å². The molecule has 0 aliphatic carbocycles. The highest BCUT2D eigenvalue weighted by Gasteiger charge is 2.53. The van der Waals surface area contributed by atoms with Gasteiger partial charge in [0.15, 0.2) is 0 Å². The van der Waals surface area contributed by atoms with Gasteiger partial charge in [0, 0.05) is 0 Å². The number of nitrogens with zero attached hydrogens (tertiary/aromatic N) is 1. The molecule has 100 valence electrons. The molecule has 2 saturated heterocycles. The summed E-state index contributed by atoms with van der Waals surface area (Å²) in [5.41, 5.74) is 5.34. The highest BCUT2D eigenvalue weighted by Crippen LogP contribution is 2.33. The lowest BCUT2D eigenvalue weighted by atomic mass is 10.00. The van der Waals surface area contributed by atoms with Crippen molar-refractivity contribution in [1.29, 1.82) is 0 Å². The number of carboxylic acid groups (broad SMARTS) is 1. The predicted octanol–water partition coefficient (Wildman–Crippen LogP) is -1.19. The number of aliphatic carboxylic acids is 1. The van der Waals surface area contributed by atoms with E-state index in [1.807, 2.05) is 0 Å². The van der Waals surface area contributed by atoms with Crippen molar-refractivity contribution in [3.63, 3.8) is 0 Å². The molecule has 0 aromatic carbocycles. The van der Waals surface area contributed by atoms with Crippen molar-refractivity contribution in [1.82, 2.24) is 4.90 Å². The average molecular weight is 256 g/mol. The van der Waals surface area contributed by atoms with Gasteiger partial charge in [-0.3, -0.25) is 14.5 Å². The molecule has 2 aliphatic heterocycles. The Bertz CT molecular complexity index is 362. The van der Waals surface area contributed by atoms with Crippen LogP contribution in [0.5, 0.6) is 0 Å². The van der Waals surface area contributed by atoms with Crippen LogP contribution in [0.2, 0.25) is 0 Å². The first-order chi connectivity index (χ1) is 8.57. The van der Waals surface area contributed by atoms with E-state index >= 15 is 0 Å². The first-order valence-corrected chi connectivity index (χ1v) is 5.95. The molecule has 0 aromatic rings. The summed E-state index contributed by atoms with van der Waals surface area (Å²) >= 11 is 0. The molecule has 0 bridgehead atoms. The molecular weight excluding hydrogens is 240 g/mol. The molecule has 0 spiro atoms. The summed E-state index contributed by atoms with van der Waals surface area (Å²) in [5, 5.41) is 9.14. The number of carboxylic acids is 1. The minimum Gasteiger partial charge on any atom is -0.480 e.